The van der Waals surface area contributed by atoms with Crippen LogP contribution in [0.25, 0.3) is 0 Å². The summed E-state index contributed by atoms with van der Waals surface area (Å²) in [5.41, 5.74) is 2.87. The van der Waals surface area contributed by atoms with E-state index in [-0.39, 0.29) is 6.10 Å². The van der Waals surface area contributed by atoms with Gasteiger partial charge in [0.1, 0.15) is 0 Å². The number of ether oxygens (including phenoxy) is 1. The van der Waals surface area contributed by atoms with Crippen LogP contribution in [-0.4, -0.2) is 43.7 Å². The van der Waals surface area contributed by atoms with Crippen molar-refractivity contribution in [1.82, 2.24) is 10.2 Å². The van der Waals surface area contributed by atoms with E-state index in [4.69, 9.17) is 4.74 Å². The molecule has 0 amide bonds. The third-order valence-corrected chi connectivity index (χ3v) is 4.43. The third-order valence-electron chi connectivity index (χ3n) is 4.43. The fourth-order valence-corrected chi connectivity index (χ4v) is 3.17. The van der Waals surface area contributed by atoms with Crippen molar-refractivity contribution in [3.63, 3.8) is 0 Å². The minimum Gasteiger partial charge on any atom is -0.372 e. The van der Waals surface area contributed by atoms with Gasteiger partial charge in [-0.15, -0.1) is 0 Å². The lowest BCUT2D eigenvalue weighted by Gasteiger charge is -2.33. The maximum Gasteiger partial charge on any atom is 0.0954 e. The topological polar surface area (TPSA) is 24.5 Å². The molecule has 3 rings (SSSR count). The number of nitrogens with one attached hydrogen (secondary N) is 1. The van der Waals surface area contributed by atoms with Crippen LogP contribution in [0.15, 0.2) is 24.3 Å². The molecule has 2 heterocycles. The van der Waals surface area contributed by atoms with Gasteiger partial charge in [-0.1, -0.05) is 24.3 Å². The molecule has 1 saturated heterocycles. The molecule has 2 aliphatic heterocycles. The Balaban J connectivity index is 1.73. The first kappa shape index (κ1) is 13.1. The molecule has 1 N–H and O–H groups in total. The second-order valence-corrected chi connectivity index (χ2v) is 5.69. The van der Waals surface area contributed by atoms with Crippen LogP contribution in [-0.2, 0) is 11.2 Å². The summed E-state index contributed by atoms with van der Waals surface area (Å²) in [5.74, 6) is 0. The highest BCUT2D eigenvalue weighted by Gasteiger charge is 2.25. The molecular formula is C16H24N2O. The highest BCUT2D eigenvalue weighted by Crippen LogP contribution is 2.28. The minimum absolute atomic E-state index is 0.255. The van der Waals surface area contributed by atoms with Gasteiger partial charge in [0.15, 0.2) is 0 Å². The van der Waals surface area contributed by atoms with Crippen molar-refractivity contribution in [2.75, 3.05) is 32.8 Å². The molecule has 19 heavy (non-hydrogen) atoms. The Morgan fingerprint density at radius 1 is 1.32 bits per heavy atom. The van der Waals surface area contributed by atoms with Crippen LogP contribution in [0.5, 0.6) is 0 Å². The highest BCUT2D eigenvalue weighted by atomic mass is 16.5. The van der Waals surface area contributed by atoms with Crippen molar-refractivity contribution in [2.45, 2.75) is 31.9 Å². The number of nitrogens with zero attached hydrogens (tertiary/aromatic N) is 1. The Bertz CT molecular complexity index is 421. The van der Waals surface area contributed by atoms with Crippen LogP contribution < -0.4 is 5.32 Å². The quantitative estimate of drug-likeness (QED) is 0.880. The SMILES string of the molecule is CC1CCNCCN1CC1OCCc2ccccc21. The van der Waals surface area contributed by atoms with Gasteiger partial charge in [-0.3, -0.25) is 4.90 Å². The predicted molar refractivity (Wildman–Crippen MR) is 77.4 cm³/mol. The van der Waals surface area contributed by atoms with Crippen molar-refractivity contribution in [2.24, 2.45) is 0 Å². The summed E-state index contributed by atoms with van der Waals surface area (Å²) in [5, 5.41) is 3.48. The Hall–Kier alpha value is -0.900. The lowest BCUT2D eigenvalue weighted by molar-refractivity contribution is 0.00908. The molecule has 3 heteroatoms. The van der Waals surface area contributed by atoms with Gasteiger partial charge in [-0.05, 0) is 37.4 Å². The van der Waals surface area contributed by atoms with E-state index in [1.54, 1.807) is 0 Å². The molecule has 2 aliphatic rings. The first-order chi connectivity index (χ1) is 9.34. The summed E-state index contributed by atoms with van der Waals surface area (Å²) in [4.78, 5) is 2.58. The van der Waals surface area contributed by atoms with Crippen molar-refractivity contribution in [3.05, 3.63) is 35.4 Å². The molecule has 2 unspecified atom stereocenters. The monoisotopic (exact) mass is 260 g/mol. The standard InChI is InChI=1S/C16H24N2O/c1-13-6-8-17-9-10-18(13)12-16-15-5-3-2-4-14(15)7-11-19-16/h2-5,13,16-17H,6-12H2,1H3. The number of rotatable bonds is 2. The molecular weight excluding hydrogens is 236 g/mol. The van der Waals surface area contributed by atoms with E-state index in [0.29, 0.717) is 6.04 Å². The molecule has 2 atom stereocenters. The van der Waals surface area contributed by atoms with Gasteiger partial charge in [0.2, 0.25) is 0 Å². The summed E-state index contributed by atoms with van der Waals surface area (Å²) >= 11 is 0. The van der Waals surface area contributed by atoms with Gasteiger partial charge in [0, 0.05) is 25.7 Å². The zero-order valence-corrected chi connectivity index (χ0v) is 11.8. The molecule has 0 bridgehead atoms. The summed E-state index contributed by atoms with van der Waals surface area (Å²) in [6.07, 6.45) is 2.54. The van der Waals surface area contributed by atoms with Crippen molar-refractivity contribution < 1.29 is 4.74 Å². The largest absolute Gasteiger partial charge is 0.372 e. The summed E-state index contributed by atoms with van der Waals surface area (Å²) in [7, 11) is 0. The third kappa shape index (κ3) is 2.99. The molecule has 0 aliphatic carbocycles. The zero-order chi connectivity index (χ0) is 13.1. The maximum atomic E-state index is 6.03. The Morgan fingerprint density at radius 2 is 2.21 bits per heavy atom. The van der Waals surface area contributed by atoms with Crippen LogP contribution in [0.1, 0.15) is 30.6 Å². The summed E-state index contributed by atoms with van der Waals surface area (Å²) in [6.45, 7) is 7.59. The maximum absolute atomic E-state index is 6.03. The van der Waals surface area contributed by atoms with Crippen LogP contribution in [0.2, 0.25) is 0 Å². The predicted octanol–water partition coefficient (Wildman–Crippen LogP) is 1.98. The van der Waals surface area contributed by atoms with E-state index in [0.717, 1.165) is 39.2 Å². The van der Waals surface area contributed by atoms with Crippen LogP contribution in [0.4, 0.5) is 0 Å². The van der Waals surface area contributed by atoms with Gasteiger partial charge in [-0.2, -0.15) is 0 Å². The lowest BCUT2D eigenvalue weighted by Crippen LogP contribution is -2.39. The zero-order valence-electron chi connectivity index (χ0n) is 11.8. The molecule has 1 fully saturated rings. The van der Waals surface area contributed by atoms with E-state index in [2.05, 4.69) is 41.4 Å². The van der Waals surface area contributed by atoms with E-state index >= 15 is 0 Å². The van der Waals surface area contributed by atoms with Crippen molar-refractivity contribution >= 4 is 0 Å². The number of fused-ring (bicyclic) bond motifs is 1. The van der Waals surface area contributed by atoms with Gasteiger partial charge in [0.25, 0.3) is 0 Å². The van der Waals surface area contributed by atoms with Gasteiger partial charge >= 0.3 is 0 Å². The first-order valence-electron chi connectivity index (χ1n) is 7.49. The average molecular weight is 260 g/mol. The normalized spacial score (nSPS) is 28.7. The Morgan fingerprint density at radius 3 is 3.16 bits per heavy atom. The fourth-order valence-electron chi connectivity index (χ4n) is 3.17. The first-order valence-corrected chi connectivity index (χ1v) is 7.49. The molecule has 0 aromatic heterocycles. The minimum atomic E-state index is 0.255. The number of benzene rings is 1. The molecule has 1 aromatic carbocycles. The average Bonchev–Trinajstić information content (AvgIpc) is 2.65. The molecule has 0 radical (unpaired) electrons. The van der Waals surface area contributed by atoms with Gasteiger partial charge < -0.3 is 10.1 Å². The molecule has 1 aromatic rings. The molecule has 0 saturated carbocycles. The smallest absolute Gasteiger partial charge is 0.0954 e. The molecule has 0 spiro atoms. The van der Waals surface area contributed by atoms with Crippen LogP contribution in [0.3, 0.4) is 0 Å². The van der Waals surface area contributed by atoms with Crippen LogP contribution >= 0.6 is 0 Å². The summed E-state index contributed by atoms with van der Waals surface area (Å²) in [6, 6.07) is 9.40. The molecule has 104 valence electrons. The van der Waals surface area contributed by atoms with E-state index in [1.165, 1.54) is 17.5 Å². The Kier molecular flexibility index (Phi) is 4.16. The second-order valence-electron chi connectivity index (χ2n) is 5.69. The Labute approximate surface area is 115 Å². The number of hydrogen-bond acceptors (Lipinski definition) is 3. The van der Waals surface area contributed by atoms with E-state index in [1.807, 2.05) is 0 Å². The number of hydrogen-bond donors (Lipinski definition) is 1. The van der Waals surface area contributed by atoms with Crippen molar-refractivity contribution in [3.8, 4) is 0 Å². The fraction of sp³-hybridized carbons (Fsp3) is 0.625. The lowest BCUT2D eigenvalue weighted by atomic mass is 9.97. The molecule has 3 nitrogen and oxygen atoms in total. The van der Waals surface area contributed by atoms with E-state index in [9.17, 15) is 0 Å². The second kappa shape index (κ2) is 6.04. The van der Waals surface area contributed by atoms with E-state index < -0.39 is 0 Å². The van der Waals surface area contributed by atoms with Gasteiger partial charge in [-0.25, -0.2) is 0 Å². The van der Waals surface area contributed by atoms with Crippen molar-refractivity contribution in [1.29, 1.82) is 0 Å². The summed E-state index contributed by atoms with van der Waals surface area (Å²) < 4.78 is 6.03. The highest BCUT2D eigenvalue weighted by molar-refractivity contribution is 5.31. The van der Waals surface area contributed by atoms with Crippen LogP contribution in [0, 0.1) is 0 Å². The van der Waals surface area contributed by atoms with Gasteiger partial charge in [0.05, 0.1) is 12.7 Å².